The molecule has 21 heavy (non-hydrogen) atoms. The second-order valence-electron chi connectivity index (χ2n) is 5.13. The van der Waals surface area contributed by atoms with E-state index in [1.54, 1.807) is 13.2 Å². The summed E-state index contributed by atoms with van der Waals surface area (Å²) in [6.07, 6.45) is 1.44. The zero-order valence-electron chi connectivity index (χ0n) is 12.4. The van der Waals surface area contributed by atoms with E-state index < -0.39 is 0 Å². The van der Waals surface area contributed by atoms with Crippen LogP contribution in [0, 0.1) is 12.7 Å². The van der Waals surface area contributed by atoms with Crippen LogP contribution in [-0.2, 0) is 17.6 Å². The summed E-state index contributed by atoms with van der Waals surface area (Å²) < 4.78 is 18.3. The van der Waals surface area contributed by atoms with Crippen molar-refractivity contribution >= 4 is 5.78 Å². The van der Waals surface area contributed by atoms with Gasteiger partial charge in [-0.1, -0.05) is 18.2 Å². The molecule has 0 atom stereocenters. The quantitative estimate of drug-likeness (QED) is 0.805. The van der Waals surface area contributed by atoms with Gasteiger partial charge in [-0.3, -0.25) is 4.79 Å². The number of methoxy groups -OCH3 is 1. The Balaban J connectivity index is 1.91. The number of ketones is 1. The highest BCUT2D eigenvalue weighted by atomic mass is 19.1. The smallest absolute Gasteiger partial charge is 0.137 e. The summed E-state index contributed by atoms with van der Waals surface area (Å²) in [6.45, 7) is 1.89. The minimum atomic E-state index is -0.293. The van der Waals surface area contributed by atoms with Gasteiger partial charge in [-0.25, -0.2) is 4.39 Å². The lowest BCUT2D eigenvalue weighted by Gasteiger charge is -2.06. The number of benzene rings is 2. The molecule has 3 heteroatoms. The van der Waals surface area contributed by atoms with Crippen molar-refractivity contribution in [3.05, 3.63) is 65.0 Å². The Kier molecular flexibility index (Phi) is 5.09. The first-order valence-electron chi connectivity index (χ1n) is 6.98. The molecule has 0 amide bonds. The van der Waals surface area contributed by atoms with Crippen LogP contribution in [0.4, 0.5) is 4.39 Å². The summed E-state index contributed by atoms with van der Waals surface area (Å²) in [5, 5.41) is 0. The molecule has 0 N–H and O–H groups in total. The zero-order chi connectivity index (χ0) is 15.2. The highest BCUT2D eigenvalue weighted by molar-refractivity contribution is 5.81. The molecule has 0 bridgehead atoms. The lowest BCUT2D eigenvalue weighted by atomic mass is 9.99. The van der Waals surface area contributed by atoms with Crippen molar-refractivity contribution in [2.24, 2.45) is 0 Å². The Morgan fingerprint density at radius 3 is 2.52 bits per heavy atom. The van der Waals surface area contributed by atoms with Crippen molar-refractivity contribution in [3.63, 3.8) is 0 Å². The first-order valence-corrected chi connectivity index (χ1v) is 6.98. The molecule has 0 aliphatic carbocycles. The third kappa shape index (κ3) is 4.42. The molecule has 2 aromatic carbocycles. The number of ether oxygens (including phenoxy) is 1. The average Bonchev–Trinajstić information content (AvgIpc) is 2.49. The number of halogens is 1. The van der Waals surface area contributed by atoms with Gasteiger partial charge in [0.05, 0.1) is 7.11 Å². The molecule has 0 saturated heterocycles. The number of hydrogen-bond donors (Lipinski definition) is 0. The fourth-order valence-electron chi connectivity index (χ4n) is 2.21. The number of rotatable bonds is 6. The Morgan fingerprint density at radius 1 is 1.14 bits per heavy atom. The van der Waals surface area contributed by atoms with E-state index in [-0.39, 0.29) is 11.6 Å². The maximum atomic E-state index is 13.2. The fraction of sp³-hybridized carbons (Fsp3) is 0.278. The van der Waals surface area contributed by atoms with Gasteiger partial charge in [0, 0.05) is 12.8 Å². The van der Waals surface area contributed by atoms with Gasteiger partial charge in [0.15, 0.2) is 0 Å². The van der Waals surface area contributed by atoms with Crippen LogP contribution in [0.25, 0.3) is 0 Å². The molecule has 0 aliphatic heterocycles. The van der Waals surface area contributed by atoms with Crippen molar-refractivity contribution in [1.82, 2.24) is 0 Å². The van der Waals surface area contributed by atoms with Gasteiger partial charge < -0.3 is 4.74 Å². The van der Waals surface area contributed by atoms with Gasteiger partial charge in [-0.05, 0) is 54.3 Å². The van der Waals surface area contributed by atoms with Gasteiger partial charge >= 0.3 is 0 Å². The van der Waals surface area contributed by atoms with E-state index >= 15 is 0 Å². The number of carbonyl (C=O) groups excluding carboxylic acids is 1. The van der Waals surface area contributed by atoms with E-state index in [9.17, 15) is 9.18 Å². The van der Waals surface area contributed by atoms with Gasteiger partial charge in [0.2, 0.25) is 0 Å². The van der Waals surface area contributed by atoms with Crippen LogP contribution in [0.2, 0.25) is 0 Å². The van der Waals surface area contributed by atoms with E-state index in [4.69, 9.17) is 4.74 Å². The summed E-state index contributed by atoms with van der Waals surface area (Å²) in [7, 11) is 1.62. The summed E-state index contributed by atoms with van der Waals surface area (Å²) in [4.78, 5) is 12.0. The van der Waals surface area contributed by atoms with Crippen molar-refractivity contribution in [1.29, 1.82) is 0 Å². The second kappa shape index (κ2) is 7.02. The third-order valence-electron chi connectivity index (χ3n) is 3.55. The molecule has 2 aromatic rings. The first-order chi connectivity index (χ1) is 10.1. The third-order valence-corrected chi connectivity index (χ3v) is 3.55. The largest absolute Gasteiger partial charge is 0.497 e. The Bertz CT molecular complexity index is 618. The normalized spacial score (nSPS) is 10.4. The SMILES string of the molecule is COc1ccc(CCC(=O)Cc2cc(F)ccc2C)cc1. The summed E-state index contributed by atoms with van der Waals surface area (Å²) in [5.41, 5.74) is 2.82. The predicted octanol–water partition coefficient (Wildman–Crippen LogP) is 3.89. The molecule has 2 nitrogen and oxygen atoms in total. The average molecular weight is 286 g/mol. The molecule has 2 rings (SSSR count). The van der Waals surface area contributed by atoms with E-state index in [0.29, 0.717) is 19.3 Å². The lowest BCUT2D eigenvalue weighted by molar-refractivity contribution is -0.118. The van der Waals surface area contributed by atoms with Crippen molar-refractivity contribution in [2.75, 3.05) is 7.11 Å². The van der Waals surface area contributed by atoms with Crippen molar-refractivity contribution < 1.29 is 13.9 Å². The minimum absolute atomic E-state index is 0.125. The molecule has 0 aromatic heterocycles. The molecule has 0 heterocycles. The maximum Gasteiger partial charge on any atom is 0.137 e. The minimum Gasteiger partial charge on any atom is -0.497 e. The van der Waals surface area contributed by atoms with Crippen molar-refractivity contribution in [2.45, 2.75) is 26.2 Å². The van der Waals surface area contributed by atoms with Gasteiger partial charge in [-0.2, -0.15) is 0 Å². The van der Waals surface area contributed by atoms with Gasteiger partial charge in [-0.15, -0.1) is 0 Å². The standard InChI is InChI=1S/C18H19FO2/c1-13-3-7-16(19)11-15(13)12-17(20)8-4-14-5-9-18(21-2)10-6-14/h3,5-7,9-11H,4,8,12H2,1-2H3. The van der Waals surface area contributed by atoms with E-state index in [1.807, 2.05) is 31.2 Å². The highest BCUT2D eigenvalue weighted by Crippen LogP contribution is 2.15. The molecular weight excluding hydrogens is 267 g/mol. The van der Waals surface area contributed by atoms with E-state index in [1.165, 1.54) is 12.1 Å². The van der Waals surface area contributed by atoms with Gasteiger partial charge in [0.1, 0.15) is 17.3 Å². The number of carbonyl (C=O) groups is 1. The van der Waals surface area contributed by atoms with Crippen LogP contribution in [-0.4, -0.2) is 12.9 Å². The summed E-state index contributed by atoms with van der Waals surface area (Å²) in [5.74, 6) is 0.638. The molecule has 0 saturated carbocycles. The van der Waals surface area contributed by atoms with Crippen LogP contribution in [0.1, 0.15) is 23.1 Å². The number of hydrogen-bond acceptors (Lipinski definition) is 2. The first kappa shape index (κ1) is 15.2. The fourth-order valence-corrected chi connectivity index (χ4v) is 2.21. The van der Waals surface area contributed by atoms with Crippen LogP contribution in [0.15, 0.2) is 42.5 Å². The van der Waals surface area contributed by atoms with E-state index in [2.05, 4.69) is 0 Å². The van der Waals surface area contributed by atoms with E-state index in [0.717, 1.165) is 22.4 Å². The molecular formula is C18H19FO2. The summed E-state index contributed by atoms with van der Waals surface area (Å²) >= 11 is 0. The highest BCUT2D eigenvalue weighted by Gasteiger charge is 2.08. The number of Topliss-reactive ketones (excluding diaryl/α,β-unsaturated/α-hetero) is 1. The van der Waals surface area contributed by atoms with Gasteiger partial charge in [0.25, 0.3) is 0 Å². The molecule has 0 spiro atoms. The molecule has 0 unspecified atom stereocenters. The second-order valence-corrected chi connectivity index (χ2v) is 5.13. The van der Waals surface area contributed by atoms with Crippen LogP contribution < -0.4 is 4.74 Å². The van der Waals surface area contributed by atoms with Crippen LogP contribution >= 0.6 is 0 Å². The Morgan fingerprint density at radius 2 is 1.86 bits per heavy atom. The molecule has 0 radical (unpaired) electrons. The lowest BCUT2D eigenvalue weighted by Crippen LogP contribution is -2.06. The van der Waals surface area contributed by atoms with Crippen LogP contribution in [0.5, 0.6) is 5.75 Å². The predicted molar refractivity (Wildman–Crippen MR) is 81.2 cm³/mol. The van der Waals surface area contributed by atoms with Crippen molar-refractivity contribution in [3.8, 4) is 5.75 Å². The molecule has 0 fully saturated rings. The molecule has 0 aliphatic rings. The zero-order valence-corrected chi connectivity index (χ0v) is 12.4. The Hall–Kier alpha value is -2.16. The maximum absolute atomic E-state index is 13.2. The Labute approximate surface area is 124 Å². The monoisotopic (exact) mass is 286 g/mol. The number of aryl methyl sites for hydroxylation is 2. The molecule has 110 valence electrons. The van der Waals surface area contributed by atoms with Crippen LogP contribution in [0.3, 0.4) is 0 Å². The topological polar surface area (TPSA) is 26.3 Å². The summed E-state index contributed by atoms with van der Waals surface area (Å²) in [6, 6.07) is 12.3.